The molecule has 0 fully saturated rings. The van der Waals surface area contributed by atoms with Crippen molar-refractivity contribution in [2.24, 2.45) is 0 Å². The number of alkyl carbamates (subject to hydrolysis) is 1. The summed E-state index contributed by atoms with van der Waals surface area (Å²) in [5.41, 5.74) is 1.45. The van der Waals surface area contributed by atoms with E-state index in [1.807, 2.05) is 54.6 Å². The maximum absolute atomic E-state index is 12.1. The maximum Gasteiger partial charge on any atom is 0.407 e. The number of hydrogen-bond acceptors (Lipinski definition) is 4. The second-order valence-electron chi connectivity index (χ2n) is 7.60. The van der Waals surface area contributed by atoms with Gasteiger partial charge in [0, 0.05) is 0 Å². The van der Waals surface area contributed by atoms with E-state index in [1.165, 1.54) is 6.08 Å². The van der Waals surface area contributed by atoms with Gasteiger partial charge in [-0.25, -0.2) is 4.79 Å². The van der Waals surface area contributed by atoms with Crippen molar-refractivity contribution in [2.45, 2.75) is 51.5 Å². The van der Waals surface area contributed by atoms with Crippen molar-refractivity contribution in [1.82, 2.24) is 5.32 Å². The van der Waals surface area contributed by atoms with Crippen LogP contribution >= 0.6 is 0 Å². The SMILES string of the molecule is C=CC(O)C(Cc1ccc(OCc2ccccc2)cc1)NC(=O)OC(C)(C)C. The van der Waals surface area contributed by atoms with E-state index in [1.54, 1.807) is 20.8 Å². The third-order valence-corrected chi connectivity index (χ3v) is 3.98. The minimum atomic E-state index is -0.887. The van der Waals surface area contributed by atoms with Crippen molar-refractivity contribution in [3.05, 3.63) is 78.4 Å². The number of benzene rings is 2. The van der Waals surface area contributed by atoms with E-state index in [2.05, 4.69) is 11.9 Å². The molecule has 28 heavy (non-hydrogen) atoms. The van der Waals surface area contributed by atoms with Crippen molar-refractivity contribution in [3.63, 3.8) is 0 Å². The second-order valence-corrected chi connectivity index (χ2v) is 7.60. The van der Waals surface area contributed by atoms with Crippen LogP contribution < -0.4 is 10.1 Å². The number of aliphatic hydroxyl groups excluding tert-OH is 1. The quantitative estimate of drug-likeness (QED) is 0.669. The largest absolute Gasteiger partial charge is 0.489 e. The highest BCUT2D eigenvalue weighted by Gasteiger charge is 2.23. The van der Waals surface area contributed by atoms with E-state index in [4.69, 9.17) is 9.47 Å². The molecule has 2 N–H and O–H groups in total. The van der Waals surface area contributed by atoms with Gasteiger partial charge in [-0.15, -0.1) is 6.58 Å². The molecule has 0 aliphatic heterocycles. The molecule has 0 aliphatic carbocycles. The Bertz CT molecular complexity index is 750. The molecule has 0 heterocycles. The molecule has 150 valence electrons. The van der Waals surface area contributed by atoms with Gasteiger partial charge in [-0.1, -0.05) is 48.5 Å². The highest BCUT2D eigenvalue weighted by Crippen LogP contribution is 2.17. The zero-order chi connectivity index (χ0) is 20.6. The van der Waals surface area contributed by atoms with Gasteiger partial charge in [0.05, 0.1) is 12.1 Å². The van der Waals surface area contributed by atoms with Crippen LogP contribution in [0.1, 0.15) is 31.9 Å². The number of nitrogens with one attached hydrogen (secondary N) is 1. The molecule has 5 nitrogen and oxygen atoms in total. The summed E-state index contributed by atoms with van der Waals surface area (Å²) < 4.78 is 11.1. The minimum Gasteiger partial charge on any atom is -0.489 e. The molecule has 0 radical (unpaired) electrons. The van der Waals surface area contributed by atoms with Crippen molar-refractivity contribution in [1.29, 1.82) is 0 Å². The Labute approximate surface area is 167 Å². The van der Waals surface area contributed by atoms with Gasteiger partial charge in [0.1, 0.15) is 18.0 Å². The van der Waals surface area contributed by atoms with Crippen molar-refractivity contribution < 1.29 is 19.4 Å². The first-order chi connectivity index (χ1) is 13.3. The van der Waals surface area contributed by atoms with Gasteiger partial charge in [-0.05, 0) is 50.5 Å². The lowest BCUT2D eigenvalue weighted by Gasteiger charge is -2.25. The number of rotatable bonds is 8. The Morgan fingerprint density at radius 2 is 1.75 bits per heavy atom. The summed E-state index contributed by atoms with van der Waals surface area (Å²) in [6.07, 6.45) is 0.382. The van der Waals surface area contributed by atoms with Crippen LogP contribution in [0.3, 0.4) is 0 Å². The van der Waals surface area contributed by atoms with Crippen LogP contribution in [0.5, 0.6) is 5.75 Å². The molecule has 2 aromatic carbocycles. The summed E-state index contributed by atoms with van der Waals surface area (Å²) in [6, 6.07) is 17.0. The molecule has 2 atom stereocenters. The molecular formula is C23H29NO4. The zero-order valence-corrected chi connectivity index (χ0v) is 16.7. The number of aliphatic hydroxyl groups is 1. The molecule has 0 aromatic heterocycles. The first kappa shape index (κ1) is 21.5. The highest BCUT2D eigenvalue weighted by atomic mass is 16.6. The molecule has 5 heteroatoms. The van der Waals surface area contributed by atoms with Crippen LogP contribution in [0.2, 0.25) is 0 Å². The Morgan fingerprint density at radius 1 is 1.11 bits per heavy atom. The second kappa shape index (κ2) is 9.95. The average molecular weight is 383 g/mol. The van der Waals surface area contributed by atoms with E-state index in [-0.39, 0.29) is 0 Å². The fourth-order valence-corrected chi connectivity index (χ4v) is 2.60. The summed E-state index contributed by atoms with van der Waals surface area (Å²) in [4.78, 5) is 12.1. The number of amides is 1. The van der Waals surface area contributed by atoms with E-state index in [0.29, 0.717) is 13.0 Å². The molecule has 0 spiro atoms. The fourth-order valence-electron chi connectivity index (χ4n) is 2.60. The minimum absolute atomic E-state index is 0.436. The van der Waals surface area contributed by atoms with E-state index >= 15 is 0 Å². The van der Waals surface area contributed by atoms with Crippen molar-refractivity contribution in [2.75, 3.05) is 0 Å². The van der Waals surface area contributed by atoms with Gasteiger partial charge in [-0.2, -0.15) is 0 Å². The average Bonchev–Trinajstić information content (AvgIpc) is 2.65. The first-order valence-corrected chi connectivity index (χ1v) is 9.32. The topological polar surface area (TPSA) is 67.8 Å². The number of ether oxygens (including phenoxy) is 2. The zero-order valence-electron chi connectivity index (χ0n) is 16.7. The number of carbonyl (C=O) groups is 1. The van der Waals surface area contributed by atoms with Crippen LogP contribution in [0.15, 0.2) is 67.3 Å². The van der Waals surface area contributed by atoms with E-state index < -0.39 is 23.8 Å². The monoisotopic (exact) mass is 383 g/mol. The Balaban J connectivity index is 1.96. The smallest absolute Gasteiger partial charge is 0.407 e. The first-order valence-electron chi connectivity index (χ1n) is 9.32. The molecule has 1 amide bonds. The molecule has 0 aliphatic rings. The van der Waals surface area contributed by atoms with Crippen LogP contribution in [0.4, 0.5) is 4.79 Å². The van der Waals surface area contributed by atoms with Crippen LogP contribution in [-0.2, 0) is 17.8 Å². The predicted molar refractivity (Wildman–Crippen MR) is 110 cm³/mol. The lowest BCUT2D eigenvalue weighted by Crippen LogP contribution is -2.46. The lowest BCUT2D eigenvalue weighted by atomic mass is 10.0. The van der Waals surface area contributed by atoms with Gasteiger partial charge in [0.25, 0.3) is 0 Å². The predicted octanol–water partition coefficient (Wildman–Crippen LogP) is 4.25. The van der Waals surface area contributed by atoms with Crippen LogP contribution in [-0.4, -0.2) is 28.9 Å². The molecule has 2 aromatic rings. The Kier molecular flexibility index (Phi) is 7.64. The fraction of sp³-hybridized carbons (Fsp3) is 0.348. The summed E-state index contributed by atoms with van der Waals surface area (Å²) in [5.74, 6) is 0.758. The van der Waals surface area contributed by atoms with E-state index in [0.717, 1.165) is 16.9 Å². The third-order valence-electron chi connectivity index (χ3n) is 3.98. The molecular weight excluding hydrogens is 354 g/mol. The number of carbonyl (C=O) groups excluding carboxylic acids is 1. The van der Waals surface area contributed by atoms with Gasteiger partial charge in [0.2, 0.25) is 0 Å². The Morgan fingerprint density at radius 3 is 2.32 bits per heavy atom. The van der Waals surface area contributed by atoms with Gasteiger partial charge < -0.3 is 19.9 Å². The molecule has 0 saturated heterocycles. The van der Waals surface area contributed by atoms with E-state index in [9.17, 15) is 9.90 Å². The lowest BCUT2D eigenvalue weighted by molar-refractivity contribution is 0.0455. The highest BCUT2D eigenvalue weighted by molar-refractivity contribution is 5.68. The third kappa shape index (κ3) is 7.45. The van der Waals surface area contributed by atoms with Gasteiger partial charge >= 0.3 is 6.09 Å². The molecule has 2 unspecified atom stereocenters. The van der Waals surface area contributed by atoms with Crippen molar-refractivity contribution in [3.8, 4) is 5.75 Å². The van der Waals surface area contributed by atoms with Crippen LogP contribution in [0.25, 0.3) is 0 Å². The molecule has 0 saturated carbocycles. The Hall–Kier alpha value is -2.79. The molecule has 0 bridgehead atoms. The van der Waals surface area contributed by atoms with Crippen molar-refractivity contribution >= 4 is 6.09 Å². The maximum atomic E-state index is 12.1. The summed E-state index contributed by atoms with van der Waals surface area (Å²) >= 11 is 0. The molecule has 2 rings (SSSR count). The summed E-state index contributed by atoms with van der Waals surface area (Å²) in [6.45, 7) is 9.48. The van der Waals surface area contributed by atoms with Gasteiger partial charge in [-0.3, -0.25) is 0 Å². The summed E-state index contributed by atoms with van der Waals surface area (Å²) in [5, 5.41) is 12.9. The number of hydrogen-bond donors (Lipinski definition) is 2. The van der Waals surface area contributed by atoms with Crippen LogP contribution in [0, 0.1) is 0 Å². The standard InChI is InChI=1S/C23H29NO4/c1-5-21(25)20(24-22(26)28-23(2,3)4)15-17-11-13-19(14-12-17)27-16-18-9-7-6-8-10-18/h5-14,20-21,25H,1,15-16H2,2-4H3,(H,24,26). The normalized spacial score (nSPS) is 13.3. The van der Waals surface area contributed by atoms with Gasteiger partial charge in [0.15, 0.2) is 0 Å². The summed E-state index contributed by atoms with van der Waals surface area (Å²) in [7, 11) is 0.